The van der Waals surface area contributed by atoms with Crippen LogP contribution in [0.25, 0.3) is 0 Å². The summed E-state index contributed by atoms with van der Waals surface area (Å²) in [7, 11) is 0. The lowest BCUT2D eigenvalue weighted by Crippen LogP contribution is -2.42. The third-order valence-corrected chi connectivity index (χ3v) is 5.68. The molecular weight excluding hydrogens is 386 g/mol. The van der Waals surface area contributed by atoms with Gasteiger partial charge in [0.15, 0.2) is 5.69 Å². The number of rotatable bonds is 4. The Bertz CT molecular complexity index is 943. The van der Waals surface area contributed by atoms with E-state index >= 15 is 0 Å². The highest BCUT2D eigenvalue weighted by molar-refractivity contribution is 6.03. The van der Waals surface area contributed by atoms with Crippen molar-refractivity contribution < 1.29 is 14.4 Å². The van der Waals surface area contributed by atoms with Crippen molar-refractivity contribution in [2.75, 3.05) is 31.5 Å². The zero-order valence-electron chi connectivity index (χ0n) is 16.7. The summed E-state index contributed by atoms with van der Waals surface area (Å²) in [5, 5.41) is 10.6. The minimum absolute atomic E-state index is 0.0430. The van der Waals surface area contributed by atoms with E-state index in [-0.39, 0.29) is 23.7 Å². The molecule has 2 aliphatic heterocycles. The molecule has 2 aliphatic rings. The van der Waals surface area contributed by atoms with Crippen LogP contribution in [0.4, 0.5) is 10.5 Å². The van der Waals surface area contributed by atoms with Crippen LogP contribution in [0.1, 0.15) is 52.6 Å². The molecule has 30 heavy (non-hydrogen) atoms. The molecule has 0 unspecified atom stereocenters. The van der Waals surface area contributed by atoms with Crippen LogP contribution >= 0.6 is 0 Å². The summed E-state index contributed by atoms with van der Waals surface area (Å²) in [6.45, 7) is 2.58. The molecule has 158 valence electrons. The predicted molar refractivity (Wildman–Crippen MR) is 109 cm³/mol. The first-order valence-electron chi connectivity index (χ1n) is 10.2. The number of likely N-dealkylation sites (tertiary alicyclic amines) is 2. The Labute approximate surface area is 174 Å². The molecule has 0 saturated carbocycles. The van der Waals surface area contributed by atoms with Crippen LogP contribution in [0.2, 0.25) is 0 Å². The molecule has 0 bridgehead atoms. The van der Waals surface area contributed by atoms with Gasteiger partial charge in [0.2, 0.25) is 0 Å². The Morgan fingerprint density at radius 1 is 1.00 bits per heavy atom. The lowest BCUT2D eigenvalue weighted by atomic mass is 10.1. The van der Waals surface area contributed by atoms with Crippen molar-refractivity contribution in [3.8, 4) is 0 Å². The highest BCUT2D eigenvalue weighted by atomic mass is 16.2. The van der Waals surface area contributed by atoms with Gasteiger partial charge >= 0.3 is 6.03 Å². The molecule has 2 fully saturated rings. The average molecular weight is 411 g/mol. The summed E-state index contributed by atoms with van der Waals surface area (Å²) in [5.74, 6) is -0.654. The summed E-state index contributed by atoms with van der Waals surface area (Å²) in [4.78, 5) is 40.3. The third kappa shape index (κ3) is 4.12. The number of nitrogens with one attached hydrogen (secondary N) is 1. The monoisotopic (exact) mass is 411 g/mol. The smallest absolute Gasteiger partial charge is 0.321 e. The number of anilines is 1. The second-order valence-electron chi connectivity index (χ2n) is 7.64. The van der Waals surface area contributed by atoms with E-state index in [2.05, 4.69) is 15.6 Å². The number of carbonyl (C=O) groups is 3. The second-order valence-corrected chi connectivity index (χ2v) is 7.64. The van der Waals surface area contributed by atoms with Gasteiger partial charge in [-0.1, -0.05) is 17.3 Å². The van der Waals surface area contributed by atoms with Crippen LogP contribution in [-0.2, 0) is 0 Å². The summed E-state index contributed by atoms with van der Waals surface area (Å²) in [5.41, 5.74) is 6.41. The van der Waals surface area contributed by atoms with E-state index in [0.29, 0.717) is 37.2 Å². The van der Waals surface area contributed by atoms with Gasteiger partial charge in [-0.15, -0.1) is 5.10 Å². The Morgan fingerprint density at radius 2 is 1.70 bits per heavy atom. The van der Waals surface area contributed by atoms with Gasteiger partial charge < -0.3 is 20.9 Å². The van der Waals surface area contributed by atoms with Crippen molar-refractivity contribution in [3.05, 3.63) is 41.7 Å². The standard InChI is InChI=1S/C20H25N7O3/c21-18(28)17-13-27(24-23-17)14-7-11-26(12-8-14)20(30)22-16-6-2-1-5-15(16)19(29)25-9-3-4-10-25/h1-2,5-6,13-14H,3-4,7-12H2,(H2,21,28)(H,22,30). The van der Waals surface area contributed by atoms with E-state index in [1.54, 1.807) is 27.9 Å². The van der Waals surface area contributed by atoms with Crippen LogP contribution in [0.3, 0.4) is 0 Å². The maximum Gasteiger partial charge on any atom is 0.321 e. The minimum atomic E-state index is -0.611. The van der Waals surface area contributed by atoms with Gasteiger partial charge in [0, 0.05) is 26.2 Å². The fourth-order valence-corrected chi connectivity index (χ4v) is 3.97. The number of amides is 4. The van der Waals surface area contributed by atoms with Crippen molar-refractivity contribution >= 4 is 23.5 Å². The fraction of sp³-hybridized carbons (Fsp3) is 0.450. The SMILES string of the molecule is NC(=O)c1cn(C2CCN(C(=O)Nc3ccccc3C(=O)N3CCCC3)CC2)nn1. The number of urea groups is 1. The van der Waals surface area contributed by atoms with Gasteiger partial charge in [-0.05, 0) is 37.8 Å². The number of piperidine rings is 1. The minimum Gasteiger partial charge on any atom is -0.364 e. The topological polar surface area (TPSA) is 126 Å². The number of hydrogen-bond donors (Lipinski definition) is 2. The van der Waals surface area contributed by atoms with Gasteiger partial charge in [-0.3, -0.25) is 9.59 Å². The highest BCUT2D eigenvalue weighted by Crippen LogP contribution is 2.24. The van der Waals surface area contributed by atoms with Gasteiger partial charge in [-0.25, -0.2) is 9.48 Å². The van der Waals surface area contributed by atoms with Crippen LogP contribution in [0, 0.1) is 0 Å². The van der Waals surface area contributed by atoms with Crippen LogP contribution in [-0.4, -0.2) is 68.8 Å². The maximum atomic E-state index is 12.8. The molecule has 10 nitrogen and oxygen atoms in total. The van der Waals surface area contributed by atoms with Gasteiger partial charge in [0.05, 0.1) is 23.5 Å². The van der Waals surface area contributed by atoms with Gasteiger partial charge in [-0.2, -0.15) is 0 Å². The Balaban J connectivity index is 1.37. The number of primary amides is 1. The van der Waals surface area contributed by atoms with Crippen molar-refractivity contribution in [1.29, 1.82) is 0 Å². The van der Waals surface area contributed by atoms with E-state index in [1.165, 1.54) is 0 Å². The first-order valence-corrected chi connectivity index (χ1v) is 10.2. The number of para-hydroxylation sites is 1. The molecule has 3 heterocycles. The summed E-state index contributed by atoms with van der Waals surface area (Å²) >= 11 is 0. The molecule has 4 rings (SSSR count). The van der Waals surface area contributed by atoms with E-state index in [0.717, 1.165) is 25.9 Å². The molecule has 2 aromatic rings. The number of nitrogens with two attached hydrogens (primary N) is 1. The van der Waals surface area contributed by atoms with Crippen molar-refractivity contribution in [2.24, 2.45) is 5.73 Å². The highest BCUT2D eigenvalue weighted by Gasteiger charge is 2.27. The van der Waals surface area contributed by atoms with Crippen molar-refractivity contribution in [1.82, 2.24) is 24.8 Å². The first-order chi connectivity index (χ1) is 14.5. The van der Waals surface area contributed by atoms with Crippen molar-refractivity contribution in [2.45, 2.75) is 31.7 Å². The van der Waals surface area contributed by atoms with Crippen LogP contribution in [0.15, 0.2) is 30.5 Å². The van der Waals surface area contributed by atoms with E-state index in [9.17, 15) is 14.4 Å². The zero-order valence-corrected chi connectivity index (χ0v) is 16.7. The molecule has 0 spiro atoms. The lowest BCUT2D eigenvalue weighted by molar-refractivity contribution is 0.0793. The lowest BCUT2D eigenvalue weighted by Gasteiger charge is -2.32. The van der Waals surface area contributed by atoms with Gasteiger partial charge in [0.25, 0.3) is 11.8 Å². The Kier molecular flexibility index (Phi) is 5.64. The number of nitrogens with zero attached hydrogens (tertiary/aromatic N) is 5. The molecule has 0 atom stereocenters. The molecule has 4 amide bonds. The van der Waals surface area contributed by atoms with Gasteiger partial charge in [0.1, 0.15) is 0 Å². The molecule has 1 aromatic carbocycles. The second kappa shape index (κ2) is 8.52. The summed E-state index contributed by atoms with van der Waals surface area (Å²) in [6, 6.07) is 6.95. The Morgan fingerprint density at radius 3 is 2.37 bits per heavy atom. The van der Waals surface area contributed by atoms with Crippen LogP contribution < -0.4 is 11.1 Å². The molecule has 0 aliphatic carbocycles. The fourth-order valence-electron chi connectivity index (χ4n) is 3.97. The molecule has 1 aromatic heterocycles. The van der Waals surface area contributed by atoms with Crippen LogP contribution in [0.5, 0.6) is 0 Å². The third-order valence-electron chi connectivity index (χ3n) is 5.68. The quantitative estimate of drug-likeness (QED) is 0.788. The number of benzene rings is 1. The maximum absolute atomic E-state index is 12.8. The average Bonchev–Trinajstić information content (AvgIpc) is 3.46. The molecular formula is C20H25N7O3. The number of carbonyl (C=O) groups excluding carboxylic acids is 3. The van der Waals surface area contributed by atoms with E-state index in [4.69, 9.17) is 5.73 Å². The zero-order chi connectivity index (χ0) is 21.1. The first kappa shape index (κ1) is 19.9. The normalized spacial score (nSPS) is 17.2. The number of hydrogen-bond acceptors (Lipinski definition) is 5. The Hall–Kier alpha value is -3.43. The predicted octanol–water partition coefficient (Wildman–Crippen LogP) is 1.48. The largest absolute Gasteiger partial charge is 0.364 e. The molecule has 2 saturated heterocycles. The molecule has 10 heteroatoms. The van der Waals surface area contributed by atoms with Crippen molar-refractivity contribution in [3.63, 3.8) is 0 Å². The van der Waals surface area contributed by atoms with E-state index in [1.807, 2.05) is 17.0 Å². The summed E-state index contributed by atoms with van der Waals surface area (Å²) < 4.78 is 1.64. The van der Waals surface area contributed by atoms with E-state index < -0.39 is 5.91 Å². The summed E-state index contributed by atoms with van der Waals surface area (Å²) in [6.07, 6.45) is 4.94. The molecule has 0 radical (unpaired) electrons. The molecule has 3 N–H and O–H groups in total. The number of aromatic nitrogens is 3.